The van der Waals surface area contributed by atoms with Crippen LogP contribution >= 0.6 is 0 Å². The van der Waals surface area contributed by atoms with Crippen molar-refractivity contribution >= 4 is 5.91 Å². The molecule has 1 fully saturated rings. The maximum Gasteiger partial charge on any atom is 0.249 e. The van der Waals surface area contributed by atoms with Crippen LogP contribution in [0.25, 0.3) is 0 Å². The minimum Gasteiger partial charge on any atom is -0.372 e. The lowest BCUT2D eigenvalue weighted by molar-refractivity contribution is -0.139. The summed E-state index contributed by atoms with van der Waals surface area (Å²) < 4.78 is 5.41. The summed E-state index contributed by atoms with van der Waals surface area (Å²) >= 11 is 0. The predicted molar refractivity (Wildman–Crippen MR) is 84.3 cm³/mol. The second-order valence-electron chi connectivity index (χ2n) is 5.45. The SMILES string of the molecule is CCCOCC(=O)N1CCNCC1c1ccc(CC)cc1. The fraction of sp³-hybridized carbons (Fsp3) is 0.588. The van der Waals surface area contributed by atoms with Gasteiger partial charge in [0.2, 0.25) is 5.91 Å². The highest BCUT2D eigenvalue weighted by Gasteiger charge is 2.27. The second kappa shape index (κ2) is 8.15. The molecule has 116 valence electrons. The number of nitrogens with zero attached hydrogens (tertiary/aromatic N) is 1. The van der Waals surface area contributed by atoms with Gasteiger partial charge < -0.3 is 15.0 Å². The van der Waals surface area contributed by atoms with Crippen molar-refractivity contribution in [3.8, 4) is 0 Å². The van der Waals surface area contributed by atoms with Crippen LogP contribution in [0.2, 0.25) is 0 Å². The summed E-state index contributed by atoms with van der Waals surface area (Å²) in [6.45, 7) is 7.44. The van der Waals surface area contributed by atoms with E-state index in [2.05, 4.69) is 36.5 Å². The maximum absolute atomic E-state index is 12.4. The quantitative estimate of drug-likeness (QED) is 0.816. The molecular weight excluding hydrogens is 264 g/mol. The first-order valence-corrected chi connectivity index (χ1v) is 7.93. The molecule has 2 rings (SSSR count). The molecule has 1 aliphatic rings. The van der Waals surface area contributed by atoms with Gasteiger partial charge in [-0.2, -0.15) is 0 Å². The zero-order valence-electron chi connectivity index (χ0n) is 13.1. The number of hydrogen-bond donors (Lipinski definition) is 1. The molecule has 4 heteroatoms. The van der Waals surface area contributed by atoms with Gasteiger partial charge in [0, 0.05) is 26.2 Å². The molecule has 0 bridgehead atoms. The van der Waals surface area contributed by atoms with Gasteiger partial charge in [-0.1, -0.05) is 38.1 Å². The van der Waals surface area contributed by atoms with E-state index in [1.807, 2.05) is 11.8 Å². The van der Waals surface area contributed by atoms with Crippen molar-refractivity contribution in [2.24, 2.45) is 0 Å². The Morgan fingerprint density at radius 2 is 2.10 bits per heavy atom. The van der Waals surface area contributed by atoms with Crippen LogP contribution in [0, 0.1) is 0 Å². The zero-order chi connectivity index (χ0) is 15.1. The zero-order valence-corrected chi connectivity index (χ0v) is 13.1. The van der Waals surface area contributed by atoms with E-state index in [0.29, 0.717) is 6.61 Å². The molecule has 1 unspecified atom stereocenters. The lowest BCUT2D eigenvalue weighted by atomic mass is 10.0. The Morgan fingerprint density at radius 3 is 2.76 bits per heavy atom. The standard InChI is InChI=1S/C17H26N2O2/c1-3-11-21-13-17(20)19-10-9-18-12-16(19)15-7-5-14(4-2)6-8-15/h5-8,16,18H,3-4,9-13H2,1-2H3. The van der Waals surface area contributed by atoms with Crippen LogP contribution in [0.5, 0.6) is 0 Å². The lowest BCUT2D eigenvalue weighted by Crippen LogP contribution is -2.49. The smallest absolute Gasteiger partial charge is 0.249 e. The number of hydrogen-bond acceptors (Lipinski definition) is 3. The molecule has 1 saturated heterocycles. The second-order valence-corrected chi connectivity index (χ2v) is 5.45. The molecule has 4 nitrogen and oxygen atoms in total. The van der Waals surface area contributed by atoms with Crippen LogP contribution in [-0.4, -0.2) is 43.7 Å². The van der Waals surface area contributed by atoms with Gasteiger partial charge in [0.1, 0.15) is 6.61 Å². The molecule has 1 amide bonds. The molecule has 1 heterocycles. The summed E-state index contributed by atoms with van der Waals surface area (Å²) in [6.07, 6.45) is 1.98. The monoisotopic (exact) mass is 290 g/mol. The minimum absolute atomic E-state index is 0.0921. The third-order valence-corrected chi connectivity index (χ3v) is 3.91. The van der Waals surface area contributed by atoms with E-state index in [0.717, 1.165) is 32.5 Å². The van der Waals surface area contributed by atoms with Gasteiger partial charge in [-0.05, 0) is 24.0 Å². The molecule has 21 heavy (non-hydrogen) atoms. The van der Waals surface area contributed by atoms with E-state index in [-0.39, 0.29) is 18.6 Å². The molecule has 0 spiro atoms. The normalized spacial score (nSPS) is 18.8. The fourth-order valence-corrected chi connectivity index (χ4v) is 2.66. The average molecular weight is 290 g/mol. The third kappa shape index (κ3) is 4.29. The Kier molecular flexibility index (Phi) is 6.21. The van der Waals surface area contributed by atoms with Crippen molar-refractivity contribution in [2.75, 3.05) is 32.8 Å². The van der Waals surface area contributed by atoms with E-state index in [9.17, 15) is 4.79 Å². The molecule has 0 aliphatic carbocycles. The van der Waals surface area contributed by atoms with Crippen molar-refractivity contribution in [2.45, 2.75) is 32.7 Å². The summed E-state index contributed by atoms with van der Waals surface area (Å²) in [7, 11) is 0. The highest BCUT2D eigenvalue weighted by atomic mass is 16.5. The topological polar surface area (TPSA) is 41.6 Å². The summed E-state index contributed by atoms with van der Waals surface area (Å²) in [5, 5.41) is 3.38. The molecule has 1 atom stereocenters. The highest BCUT2D eigenvalue weighted by Crippen LogP contribution is 2.23. The Hall–Kier alpha value is -1.39. The summed E-state index contributed by atoms with van der Waals surface area (Å²) in [6, 6.07) is 8.70. The Bertz CT molecular complexity index is 445. The van der Waals surface area contributed by atoms with Crippen LogP contribution < -0.4 is 5.32 Å². The molecule has 1 N–H and O–H groups in total. The molecule has 1 aromatic carbocycles. The van der Waals surface area contributed by atoms with E-state index in [1.54, 1.807) is 0 Å². The Labute approximate surface area is 127 Å². The Balaban J connectivity index is 2.05. The van der Waals surface area contributed by atoms with Gasteiger partial charge in [0.25, 0.3) is 0 Å². The largest absolute Gasteiger partial charge is 0.372 e. The molecular formula is C17H26N2O2. The van der Waals surface area contributed by atoms with Gasteiger partial charge in [-0.15, -0.1) is 0 Å². The number of rotatable bonds is 6. The predicted octanol–water partition coefficient (Wildman–Crippen LogP) is 2.15. The van der Waals surface area contributed by atoms with Crippen molar-refractivity contribution < 1.29 is 9.53 Å². The van der Waals surface area contributed by atoms with E-state index >= 15 is 0 Å². The first-order valence-electron chi connectivity index (χ1n) is 7.93. The van der Waals surface area contributed by atoms with Crippen LogP contribution in [0.3, 0.4) is 0 Å². The summed E-state index contributed by atoms with van der Waals surface area (Å²) in [5.41, 5.74) is 2.52. The summed E-state index contributed by atoms with van der Waals surface area (Å²) in [5.74, 6) is 0.0921. The first kappa shape index (κ1) is 16.0. The maximum atomic E-state index is 12.4. The van der Waals surface area contributed by atoms with Crippen LogP contribution in [0.15, 0.2) is 24.3 Å². The molecule has 0 saturated carbocycles. The highest BCUT2D eigenvalue weighted by molar-refractivity contribution is 5.78. The molecule has 0 aromatic heterocycles. The summed E-state index contributed by atoms with van der Waals surface area (Å²) in [4.78, 5) is 14.3. The van der Waals surface area contributed by atoms with Crippen molar-refractivity contribution in [3.05, 3.63) is 35.4 Å². The molecule has 1 aromatic rings. The van der Waals surface area contributed by atoms with Gasteiger partial charge >= 0.3 is 0 Å². The van der Waals surface area contributed by atoms with Crippen LogP contribution in [0.4, 0.5) is 0 Å². The number of nitrogens with one attached hydrogen (secondary N) is 1. The van der Waals surface area contributed by atoms with Crippen LogP contribution in [0.1, 0.15) is 37.4 Å². The number of piperazine rings is 1. The number of aryl methyl sites for hydroxylation is 1. The van der Waals surface area contributed by atoms with Crippen molar-refractivity contribution in [1.82, 2.24) is 10.2 Å². The van der Waals surface area contributed by atoms with E-state index < -0.39 is 0 Å². The third-order valence-electron chi connectivity index (χ3n) is 3.91. The average Bonchev–Trinajstić information content (AvgIpc) is 2.55. The number of carbonyl (C=O) groups is 1. The minimum atomic E-state index is 0.0921. The number of ether oxygens (including phenoxy) is 1. The number of carbonyl (C=O) groups excluding carboxylic acids is 1. The number of amides is 1. The number of benzene rings is 1. The van der Waals surface area contributed by atoms with Crippen molar-refractivity contribution in [3.63, 3.8) is 0 Å². The van der Waals surface area contributed by atoms with Gasteiger partial charge in [0.05, 0.1) is 6.04 Å². The van der Waals surface area contributed by atoms with Gasteiger partial charge in [-0.3, -0.25) is 4.79 Å². The van der Waals surface area contributed by atoms with Crippen LogP contribution in [-0.2, 0) is 16.0 Å². The fourth-order valence-electron chi connectivity index (χ4n) is 2.66. The lowest BCUT2D eigenvalue weighted by Gasteiger charge is -2.36. The van der Waals surface area contributed by atoms with E-state index in [1.165, 1.54) is 11.1 Å². The van der Waals surface area contributed by atoms with Gasteiger partial charge in [0.15, 0.2) is 0 Å². The van der Waals surface area contributed by atoms with Crippen molar-refractivity contribution in [1.29, 1.82) is 0 Å². The first-order chi connectivity index (χ1) is 10.3. The van der Waals surface area contributed by atoms with E-state index in [4.69, 9.17) is 4.74 Å². The molecule has 1 aliphatic heterocycles. The molecule has 0 radical (unpaired) electrons. The van der Waals surface area contributed by atoms with Gasteiger partial charge in [-0.25, -0.2) is 0 Å². The Morgan fingerprint density at radius 1 is 1.33 bits per heavy atom.